The van der Waals surface area contributed by atoms with E-state index in [1.165, 1.54) is 0 Å². The van der Waals surface area contributed by atoms with Gasteiger partial charge in [-0.15, -0.1) is 0 Å². The molecule has 3 aromatic rings. The van der Waals surface area contributed by atoms with Crippen LogP contribution in [0.5, 0.6) is 0 Å². The van der Waals surface area contributed by atoms with Crippen LogP contribution in [0.1, 0.15) is 21.9 Å². The lowest BCUT2D eigenvalue weighted by molar-refractivity contribution is 0.589. The zero-order valence-corrected chi connectivity index (χ0v) is 13.4. The predicted molar refractivity (Wildman–Crippen MR) is 88.7 cm³/mol. The summed E-state index contributed by atoms with van der Waals surface area (Å²) in [6.45, 7) is 1.93. The van der Waals surface area contributed by atoms with Crippen LogP contribution in [0.4, 0.5) is 0 Å². The molecule has 0 N–H and O–H groups in total. The molecule has 0 spiro atoms. The second-order valence-electron chi connectivity index (χ2n) is 5.31. The third-order valence-corrected chi connectivity index (χ3v) is 5.73. The first-order valence-corrected chi connectivity index (χ1v) is 8.74. The Balaban J connectivity index is 2.17. The van der Waals surface area contributed by atoms with Crippen molar-refractivity contribution in [1.82, 2.24) is 9.97 Å². The molecule has 3 rings (SSSR count). The summed E-state index contributed by atoms with van der Waals surface area (Å²) in [5, 5.41) is -0.826. The van der Waals surface area contributed by atoms with E-state index in [2.05, 4.69) is 9.97 Å². The fourth-order valence-corrected chi connectivity index (χ4v) is 4.26. The zero-order chi connectivity index (χ0) is 16.3. The number of aryl methyl sites for hydroxylation is 1. The van der Waals surface area contributed by atoms with Crippen molar-refractivity contribution in [1.29, 1.82) is 0 Å². The third-order valence-electron chi connectivity index (χ3n) is 3.63. The minimum absolute atomic E-state index is 0.292. The SMILES string of the molecule is Cc1ccc(S(=O)(=O)C(c2cccnc2)c2cccnc2)cc1. The van der Waals surface area contributed by atoms with Gasteiger partial charge in [0.2, 0.25) is 0 Å². The lowest BCUT2D eigenvalue weighted by atomic mass is 10.1. The van der Waals surface area contributed by atoms with Crippen LogP contribution in [0.3, 0.4) is 0 Å². The van der Waals surface area contributed by atoms with Gasteiger partial charge in [-0.2, -0.15) is 0 Å². The monoisotopic (exact) mass is 324 g/mol. The van der Waals surface area contributed by atoms with Gasteiger partial charge in [0.15, 0.2) is 9.84 Å². The Bertz CT molecular complexity index is 838. The molecule has 5 heteroatoms. The van der Waals surface area contributed by atoms with Crippen molar-refractivity contribution in [3.05, 3.63) is 90.0 Å². The van der Waals surface area contributed by atoms with Crippen LogP contribution in [-0.2, 0) is 9.84 Å². The summed E-state index contributed by atoms with van der Waals surface area (Å²) in [7, 11) is -3.60. The molecule has 0 saturated carbocycles. The highest BCUT2D eigenvalue weighted by molar-refractivity contribution is 7.91. The van der Waals surface area contributed by atoms with Gasteiger partial charge in [0, 0.05) is 24.8 Å². The van der Waals surface area contributed by atoms with Crippen molar-refractivity contribution in [3.63, 3.8) is 0 Å². The normalized spacial score (nSPS) is 11.6. The van der Waals surface area contributed by atoms with Crippen molar-refractivity contribution in [3.8, 4) is 0 Å². The highest BCUT2D eigenvalue weighted by Crippen LogP contribution is 2.34. The van der Waals surface area contributed by atoms with Gasteiger partial charge in [-0.3, -0.25) is 9.97 Å². The molecular weight excluding hydrogens is 308 g/mol. The van der Waals surface area contributed by atoms with Crippen LogP contribution in [-0.4, -0.2) is 18.4 Å². The summed E-state index contributed by atoms with van der Waals surface area (Å²) in [4.78, 5) is 8.43. The van der Waals surface area contributed by atoms with Gasteiger partial charge in [-0.25, -0.2) is 8.42 Å². The summed E-state index contributed by atoms with van der Waals surface area (Å²) in [5.74, 6) is 0. The Morgan fingerprint density at radius 3 is 1.78 bits per heavy atom. The van der Waals surface area contributed by atoms with E-state index in [9.17, 15) is 8.42 Å². The number of aromatic nitrogens is 2. The Kier molecular flexibility index (Phi) is 4.21. The van der Waals surface area contributed by atoms with E-state index in [1.807, 2.05) is 6.92 Å². The van der Waals surface area contributed by atoms with Gasteiger partial charge < -0.3 is 0 Å². The molecule has 0 aliphatic rings. The van der Waals surface area contributed by atoms with E-state index >= 15 is 0 Å². The minimum Gasteiger partial charge on any atom is -0.264 e. The highest BCUT2D eigenvalue weighted by Gasteiger charge is 2.31. The molecule has 116 valence electrons. The molecule has 0 aliphatic carbocycles. The maximum absolute atomic E-state index is 13.2. The van der Waals surface area contributed by atoms with E-state index in [0.29, 0.717) is 16.0 Å². The molecule has 2 aromatic heterocycles. The molecule has 0 fully saturated rings. The standard InChI is InChI=1S/C18H16N2O2S/c1-14-6-8-17(9-7-14)23(21,22)18(15-4-2-10-19-12-15)16-5-3-11-20-13-16/h2-13,18H,1H3. The molecular formula is C18H16N2O2S. The van der Waals surface area contributed by atoms with Crippen molar-refractivity contribution < 1.29 is 8.42 Å². The van der Waals surface area contributed by atoms with E-state index < -0.39 is 15.1 Å². The topological polar surface area (TPSA) is 59.9 Å². The molecule has 0 atom stereocenters. The fourth-order valence-electron chi connectivity index (χ4n) is 2.48. The molecule has 0 aliphatic heterocycles. The van der Waals surface area contributed by atoms with Crippen LogP contribution in [0.15, 0.2) is 78.2 Å². The zero-order valence-electron chi connectivity index (χ0n) is 12.6. The van der Waals surface area contributed by atoms with Crippen LogP contribution in [0, 0.1) is 6.92 Å². The Morgan fingerprint density at radius 1 is 0.826 bits per heavy atom. The molecule has 23 heavy (non-hydrogen) atoms. The summed E-state index contributed by atoms with van der Waals surface area (Å²) in [6, 6.07) is 13.9. The number of nitrogens with zero attached hydrogens (tertiary/aromatic N) is 2. The van der Waals surface area contributed by atoms with Gasteiger partial charge in [-0.05, 0) is 42.3 Å². The Labute approximate surface area is 135 Å². The number of rotatable bonds is 4. The number of pyridine rings is 2. The fraction of sp³-hybridized carbons (Fsp3) is 0.111. The van der Waals surface area contributed by atoms with E-state index in [0.717, 1.165) is 5.56 Å². The molecule has 0 amide bonds. The summed E-state index contributed by atoms with van der Waals surface area (Å²) in [5.41, 5.74) is 2.27. The lowest BCUT2D eigenvalue weighted by Crippen LogP contribution is -2.15. The predicted octanol–water partition coefficient (Wildman–Crippen LogP) is 3.35. The minimum atomic E-state index is -3.60. The molecule has 1 aromatic carbocycles. The van der Waals surface area contributed by atoms with Crippen molar-refractivity contribution >= 4 is 9.84 Å². The number of benzene rings is 1. The van der Waals surface area contributed by atoms with Crippen LogP contribution >= 0.6 is 0 Å². The second-order valence-corrected chi connectivity index (χ2v) is 7.34. The largest absolute Gasteiger partial charge is 0.264 e. The Morgan fingerprint density at radius 2 is 1.35 bits per heavy atom. The lowest BCUT2D eigenvalue weighted by Gasteiger charge is -2.18. The van der Waals surface area contributed by atoms with Gasteiger partial charge >= 0.3 is 0 Å². The maximum atomic E-state index is 13.2. The Hall–Kier alpha value is -2.53. The molecule has 2 heterocycles. The van der Waals surface area contributed by atoms with Crippen molar-refractivity contribution in [2.24, 2.45) is 0 Å². The molecule has 0 radical (unpaired) electrons. The van der Waals surface area contributed by atoms with Gasteiger partial charge in [-0.1, -0.05) is 29.8 Å². The average Bonchev–Trinajstić information content (AvgIpc) is 2.57. The molecule has 4 nitrogen and oxygen atoms in total. The highest BCUT2D eigenvalue weighted by atomic mass is 32.2. The first-order valence-electron chi connectivity index (χ1n) is 7.19. The average molecular weight is 324 g/mol. The maximum Gasteiger partial charge on any atom is 0.189 e. The number of sulfone groups is 1. The number of hydrogen-bond donors (Lipinski definition) is 0. The first kappa shape index (κ1) is 15.4. The summed E-state index contributed by atoms with van der Waals surface area (Å²) < 4.78 is 26.4. The molecule has 0 bridgehead atoms. The molecule has 0 saturated heterocycles. The van der Waals surface area contributed by atoms with Gasteiger partial charge in [0.1, 0.15) is 5.25 Å². The van der Waals surface area contributed by atoms with Crippen molar-refractivity contribution in [2.75, 3.05) is 0 Å². The van der Waals surface area contributed by atoms with Gasteiger partial charge in [0.05, 0.1) is 4.90 Å². The molecule has 0 unspecified atom stereocenters. The van der Waals surface area contributed by atoms with Crippen LogP contribution in [0.25, 0.3) is 0 Å². The summed E-state index contributed by atoms with van der Waals surface area (Å²) in [6.07, 6.45) is 6.43. The first-order chi connectivity index (χ1) is 11.1. The van der Waals surface area contributed by atoms with E-state index in [4.69, 9.17) is 0 Å². The summed E-state index contributed by atoms with van der Waals surface area (Å²) >= 11 is 0. The smallest absolute Gasteiger partial charge is 0.189 e. The van der Waals surface area contributed by atoms with E-state index in [-0.39, 0.29) is 0 Å². The number of hydrogen-bond acceptors (Lipinski definition) is 4. The second kappa shape index (κ2) is 6.30. The van der Waals surface area contributed by atoms with Gasteiger partial charge in [0.25, 0.3) is 0 Å². The van der Waals surface area contributed by atoms with E-state index in [1.54, 1.807) is 73.3 Å². The van der Waals surface area contributed by atoms with Crippen molar-refractivity contribution in [2.45, 2.75) is 17.1 Å². The van der Waals surface area contributed by atoms with Crippen LogP contribution in [0.2, 0.25) is 0 Å². The quantitative estimate of drug-likeness (QED) is 0.738. The third kappa shape index (κ3) is 3.14. The van der Waals surface area contributed by atoms with Crippen LogP contribution < -0.4 is 0 Å².